The number of nitrogens with zero attached hydrogens (tertiary/aromatic N) is 7. The van der Waals surface area contributed by atoms with Crippen molar-refractivity contribution in [3.63, 3.8) is 0 Å². The molecule has 0 aliphatic carbocycles. The number of aromatic nitrogens is 5. The lowest BCUT2D eigenvalue weighted by atomic mass is 10.2. The van der Waals surface area contributed by atoms with E-state index in [0.717, 1.165) is 0 Å². The second-order valence-corrected chi connectivity index (χ2v) is 4.20. The van der Waals surface area contributed by atoms with Gasteiger partial charge in [0.15, 0.2) is 0 Å². The molecular formula is C12H7N7O3. The maximum absolute atomic E-state index is 10.8. The second kappa shape index (κ2) is 5.41. The number of nitro groups is 1. The fraction of sp³-hybridized carbons (Fsp3) is 0.0833. The summed E-state index contributed by atoms with van der Waals surface area (Å²) in [6, 6.07) is 7.73. The molecule has 2 heterocycles. The Morgan fingerprint density at radius 2 is 2.32 bits per heavy atom. The normalized spacial score (nSPS) is 10.3. The zero-order valence-corrected chi connectivity index (χ0v) is 10.9. The van der Waals surface area contributed by atoms with Gasteiger partial charge in [-0.05, 0) is 0 Å². The first-order valence-electron chi connectivity index (χ1n) is 6.02. The summed E-state index contributed by atoms with van der Waals surface area (Å²) in [4.78, 5) is 18.2. The van der Waals surface area contributed by atoms with Crippen molar-refractivity contribution in [3.8, 4) is 17.5 Å². The van der Waals surface area contributed by atoms with Gasteiger partial charge in [0.2, 0.25) is 11.7 Å². The zero-order valence-electron chi connectivity index (χ0n) is 10.9. The van der Waals surface area contributed by atoms with Gasteiger partial charge in [-0.2, -0.15) is 10.2 Å². The predicted octanol–water partition coefficient (Wildman–Crippen LogP) is 1.16. The third-order valence-corrected chi connectivity index (χ3v) is 2.72. The number of benzene rings is 1. The molecule has 0 saturated carbocycles. The molecule has 0 bridgehead atoms. The lowest BCUT2D eigenvalue weighted by molar-refractivity contribution is -0.384. The molecule has 0 aliphatic rings. The summed E-state index contributed by atoms with van der Waals surface area (Å²) in [5.74, 6) is 0.522. The summed E-state index contributed by atoms with van der Waals surface area (Å²) in [5.41, 5.74) is 0.416. The second-order valence-electron chi connectivity index (χ2n) is 4.20. The lowest BCUT2D eigenvalue weighted by Gasteiger charge is -1.94. The van der Waals surface area contributed by atoms with Crippen LogP contribution in [0.15, 0.2) is 35.1 Å². The van der Waals surface area contributed by atoms with Crippen LogP contribution in [0.2, 0.25) is 0 Å². The highest BCUT2D eigenvalue weighted by Gasteiger charge is 2.13. The van der Waals surface area contributed by atoms with Gasteiger partial charge in [0, 0.05) is 17.7 Å². The summed E-state index contributed by atoms with van der Waals surface area (Å²) >= 11 is 0. The average Bonchev–Trinajstić information content (AvgIpc) is 3.17. The maximum atomic E-state index is 10.8. The van der Waals surface area contributed by atoms with E-state index in [0.29, 0.717) is 5.56 Å². The molecule has 0 aliphatic heterocycles. The topological polar surface area (TPSA) is 137 Å². The Balaban J connectivity index is 1.83. The first-order valence-corrected chi connectivity index (χ1v) is 6.02. The highest BCUT2D eigenvalue weighted by molar-refractivity contribution is 5.58. The van der Waals surface area contributed by atoms with Crippen molar-refractivity contribution in [3.05, 3.63) is 52.4 Å². The monoisotopic (exact) mass is 297 g/mol. The number of nitro benzene ring substituents is 1. The van der Waals surface area contributed by atoms with Crippen LogP contribution in [0.1, 0.15) is 11.7 Å². The summed E-state index contributed by atoms with van der Waals surface area (Å²) in [7, 11) is 0. The molecule has 0 N–H and O–H groups in total. The lowest BCUT2D eigenvalue weighted by Crippen LogP contribution is -2.00. The number of rotatable bonds is 4. The molecular weight excluding hydrogens is 290 g/mol. The minimum Gasteiger partial charge on any atom is -0.337 e. The van der Waals surface area contributed by atoms with Crippen molar-refractivity contribution in [2.24, 2.45) is 0 Å². The number of hydrogen-bond acceptors (Lipinski definition) is 8. The molecule has 0 amide bonds. The van der Waals surface area contributed by atoms with Gasteiger partial charge in [-0.25, -0.2) is 9.67 Å². The van der Waals surface area contributed by atoms with Crippen molar-refractivity contribution in [2.45, 2.75) is 6.54 Å². The van der Waals surface area contributed by atoms with E-state index in [-0.39, 0.29) is 29.8 Å². The summed E-state index contributed by atoms with van der Waals surface area (Å²) in [5, 5.41) is 27.0. The van der Waals surface area contributed by atoms with Crippen LogP contribution >= 0.6 is 0 Å². The average molecular weight is 297 g/mol. The van der Waals surface area contributed by atoms with Crippen LogP contribution in [0.25, 0.3) is 11.4 Å². The molecule has 108 valence electrons. The minimum atomic E-state index is -0.497. The molecule has 0 spiro atoms. The third-order valence-electron chi connectivity index (χ3n) is 2.72. The van der Waals surface area contributed by atoms with Crippen LogP contribution < -0.4 is 0 Å². The van der Waals surface area contributed by atoms with Gasteiger partial charge in [0.05, 0.1) is 4.92 Å². The van der Waals surface area contributed by atoms with E-state index in [4.69, 9.17) is 9.78 Å². The largest absolute Gasteiger partial charge is 0.337 e. The van der Waals surface area contributed by atoms with Crippen LogP contribution in [-0.2, 0) is 6.54 Å². The highest BCUT2D eigenvalue weighted by Crippen LogP contribution is 2.21. The Morgan fingerprint density at radius 3 is 3.05 bits per heavy atom. The molecule has 22 heavy (non-hydrogen) atoms. The summed E-state index contributed by atoms with van der Waals surface area (Å²) in [6.45, 7) is 0.149. The molecule has 0 fully saturated rings. The van der Waals surface area contributed by atoms with Crippen molar-refractivity contribution in [2.75, 3.05) is 0 Å². The minimum absolute atomic E-state index is 0.0402. The van der Waals surface area contributed by atoms with Crippen molar-refractivity contribution in [1.29, 1.82) is 5.26 Å². The smallest absolute Gasteiger partial charge is 0.270 e. The van der Waals surface area contributed by atoms with Gasteiger partial charge in [-0.3, -0.25) is 10.1 Å². The standard InChI is InChI=1S/C12H7N7O3/c13-5-10-14-7-18(16-10)6-11-15-12(17-22-11)8-2-1-3-9(4-8)19(20)21/h1-4,7H,6H2. The van der Waals surface area contributed by atoms with Crippen LogP contribution in [-0.4, -0.2) is 29.8 Å². The van der Waals surface area contributed by atoms with E-state index in [2.05, 4.69) is 20.2 Å². The van der Waals surface area contributed by atoms with E-state index in [1.807, 2.05) is 6.07 Å². The molecule has 2 aromatic heterocycles. The first kappa shape index (κ1) is 13.4. The molecule has 10 nitrogen and oxygen atoms in total. The Bertz CT molecular complexity index is 877. The third kappa shape index (κ3) is 2.63. The van der Waals surface area contributed by atoms with Gasteiger partial charge in [-0.1, -0.05) is 17.3 Å². The van der Waals surface area contributed by atoms with Crippen LogP contribution in [0.3, 0.4) is 0 Å². The summed E-state index contributed by atoms with van der Waals surface area (Å²) < 4.78 is 6.44. The molecule has 1 aromatic carbocycles. The quantitative estimate of drug-likeness (QED) is 0.516. The van der Waals surface area contributed by atoms with Gasteiger partial charge < -0.3 is 4.52 Å². The van der Waals surface area contributed by atoms with E-state index in [1.165, 1.54) is 23.1 Å². The van der Waals surface area contributed by atoms with Gasteiger partial charge >= 0.3 is 0 Å². The molecule has 0 atom stereocenters. The molecule has 0 saturated heterocycles. The van der Waals surface area contributed by atoms with Gasteiger partial charge in [0.25, 0.3) is 11.5 Å². The van der Waals surface area contributed by atoms with E-state index < -0.39 is 4.92 Å². The van der Waals surface area contributed by atoms with Crippen molar-refractivity contribution in [1.82, 2.24) is 24.9 Å². The Labute approximate surface area is 122 Å². The van der Waals surface area contributed by atoms with Crippen LogP contribution in [0.4, 0.5) is 5.69 Å². The summed E-state index contributed by atoms with van der Waals surface area (Å²) in [6.07, 6.45) is 1.37. The van der Waals surface area contributed by atoms with E-state index in [1.54, 1.807) is 12.1 Å². The SMILES string of the molecule is N#Cc1ncn(Cc2nc(-c3cccc([N+](=O)[O-])c3)no2)n1. The number of hydrogen-bond donors (Lipinski definition) is 0. The Kier molecular flexibility index (Phi) is 3.29. The predicted molar refractivity (Wildman–Crippen MR) is 70.2 cm³/mol. The molecule has 0 unspecified atom stereocenters. The van der Waals surface area contributed by atoms with Gasteiger partial charge in [-0.15, -0.1) is 5.10 Å². The Hall–Kier alpha value is -3.61. The van der Waals surface area contributed by atoms with Crippen molar-refractivity contribution >= 4 is 5.69 Å². The highest BCUT2D eigenvalue weighted by atomic mass is 16.6. The van der Waals surface area contributed by atoms with Gasteiger partial charge in [0.1, 0.15) is 18.9 Å². The fourth-order valence-corrected chi connectivity index (χ4v) is 1.76. The first-order chi connectivity index (χ1) is 10.7. The van der Waals surface area contributed by atoms with Crippen molar-refractivity contribution < 1.29 is 9.45 Å². The maximum Gasteiger partial charge on any atom is 0.270 e. The number of nitriles is 1. The molecule has 3 rings (SSSR count). The zero-order chi connectivity index (χ0) is 15.5. The van der Waals surface area contributed by atoms with Crippen LogP contribution in [0, 0.1) is 21.4 Å². The molecule has 3 aromatic rings. The van der Waals surface area contributed by atoms with E-state index in [9.17, 15) is 10.1 Å². The fourth-order valence-electron chi connectivity index (χ4n) is 1.76. The van der Waals surface area contributed by atoms with Crippen LogP contribution in [0.5, 0.6) is 0 Å². The van der Waals surface area contributed by atoms with E-state index >= 15 is 0 Å². The molecule has 10 heteroatoms. The number of non-ortho nitro benzene ring substituents is 1. The Morgan fingerprint density at radius 1 is 1.45 bits per heavy atom. The molecule has 0 radical (unpaired) electrons.